The van der Waals surface area contributed by atoms with Crippen LogP contribution in [0.25, 0.3) is 11.3 Å². The van der Waals surface area contributed by atoms with Gasteiger partial charge in [0.15, 0.2) is 17.5 Å². The van der Waals surface area contributed by atoms with Gasteiger partial charge in [0.05, 0.1) is 17.8 Å². The Balaban J connectivity index is 1.69. The highest BCUT2D eigenvalue weighted by Crippen LogP contribution is 2.41. The second-order valence-corrected chi connectivity index (χ2v) is 9.63. The van der Waals surface area contributed by atoms with Crippen molar-refractivity contribution in [1.29, 1.82) is 0 Å². The van der Waals surface area contributed by atoms with E-state index in [1.54, 1.807) is 6.07 Å². The third kappa shape index (κ3) is 4.96. The Morgan fingerprint density at radius 1 is 1.26 bits per heavy atom. The van der Waals surface area contributed by atoms with E-state index in [9.17, 15) is 23.4 Å². The number of hydrogen-bond acceptors (Lipinski definition) is 8. The molecule has 2 aromatic heterocycles. The van der Waals surface area contributed by atoms with E-state index >= 15 is 0 Å². The van der Waals surface area contributed by atoms with Gasteiger partial charge in [-0.2, -0.15) is 0 Å². The molecule has 1 aliphatic rings. The average Bonchev–Trinajstić information content (AvgIpc) is 3.29. The van der Waals surface area contributed by atoms with Crippen molar-refractivity contribution in [2.24, 2.45) is 0 Å². The van der Waals surface area contributed by atoms with Gasteiger partial charge >= 0.3 is 0 Å². The van der Waals surface area contributed by atoms with E-state index in [0.29, 0.717) is 14.5 Å². The van der Waals surface area contributed by atoms with Crippen LogP contribution >= 0.6 is 39.3 Å². The molecule has 34 heavy (non-hydrogen) atoms. The summed E-state index contributed by atoms with van der Waals surface area (Å²) in [7, 11) is 1.41. The minimum Gasteiger partial charge on any atom is -0.394 e. The van der Waals surface area contributed by atoms with E-state index in [-0.39, 0.29) is 11.3 Å². The van der Waals surface area contributed by atoms with Gasteiger partial charge in [0.2, 0.25) is 0 Å². The molecule has 0 saturated carbocycles. The lowest BCUT2D eigenvalue weighted by molar-refractivity contribution is -0.186. The molecule has 4 rings (SSSR count). The fourth-order valence-corrected chi connectivity index (χ4v) is 5.50. The van der Waals surface area contributed by atoms with E-state index in [1.807, 2.05) is 0 Å². The highest BCUT2D eigenvalue weighted by atomic mass is 79.9. The Kier molecular flexibility index (Phi) is 7.82. The van der Waals surface area contributed by atoms with Crippen molar-refractivity contribution >= 4 is 39.3 Å². The second-order valence-electron chi connectivity index (χ2n) is 7.31. The molecule has 2 N–H and O–H groups in total. The zero-order valence-electron chi connectivity index (χ0n) is 17.3. The number of benzene rings is 1. The standard InChI is InChI=1S/C20H17BrClF3N4O4S/c1-32-18-16(29-6-12(27-28-29)8-2-10(23)15(25)11(24)3-8)17(31)13(7-30)33-20(18)34-14-4-9(22)5-26-19(14)21/h2-6,13,16-18,20,30-31H,7H2,1H3/t13-,16+,17+,18-,20-/m1/s1. The SMILES string of the molecule is CO[C@@H]1[C@@H](n2cc(-c3cc(F)c(F)c(F)c3)nn2)[C@@H](O)[C@@H](CO)O[C@@H]1Sc1cc(Cl)cnc1Br. The maximum atomic E-state index is 13.7. The van der Waals surface area contributed by atoms with Crippen LogP contribution in [0.1, 0.15) is 6.04 Å². The monoisotopic (exact) mass is 580 g/mol. The molecule has 0 radical (unpaired) electrons. The van der Waals surface area contributed by atoms with Crippen molar-refractivity contribution in [3.63, 3.8) is 0 Å². The molecule has 0 amide bonds. The first-order chi connectivity index (χ1) is 16.2. The van der Waals surface area contributed by atoms with Gasteiger partial charge in [0.25, 0.3) is 0 Å². The third-order valence-electron chi connectivity index (χ3n) is 5.21. The number of halogens is 5. The van der Waals surface area contributed by atoms with Crippen molar-refractivity contribution in [2.45, 2.75) is 34.7 Å². The Bertz CT molecular complexity index is 1170. The van der Waals surface area contributed by atoms with E-state index in [2.05, 4.69) is 31.2 Å². The van der Waals surface area contributed by atoms with Crippen molar-refractivity contribution in [3.05, 3.63) is 57.7 Å². The zero-order chi connectivity index (χ0) is 24.6. The molecule has 1 aliphatic heterocycles. The van der Waals surface area contributed by atoms with Crippen LogP contribution in [-0.2, 0) is 9.47 Å². The summed E-state index contributed by atoms with van der Waals surface area (Å²) in [5, 5.41) is 29.0. The van der Waals surface area contributed by atoms with Crippen molar-refractivity contribution in [3.8, 4) is 11.3 Å². The van der Waals surface area contributed by atoms with Gasteiger partial charge in [-0.3, -0.25) is 0 Å². The number of aliphatic hydroxyl groups excluding tert-OH is 2. The van der Waals surface area contributed by atoms with Crippen LogP contribution in [0.15, 0.2) is 40.1 Å². The van der Waals surface area contributed by atoms with Gasteiger partial charge in [-0.25, -0.2) is 22.8 Å². The van der Waals surface area contributed by atoms with Gasteiger partial charge in [-0.15, -0.1) is 5.10 Å². The fourth-order valence-electron chi connectivity index (χ4n) is 3.58. The summed E-state index contributed by atoms with van der Waals surface area (Å²) in [6.07, 6.45) is -0.293. The molecule has 14 heteroatoms. The van der Waals surface area contributed by atoms with E-state index in [1.165, 1.54) is 35.9 Å². The minimum atomic E-state index is -1.59. The number of thioether (sulfide) groups is 1. The van der Waals surface area contributed by atoms with E-state index in [4.69, 9.17) is 21.1 Å². The molecule has 1 fully saturated rings. The third-order valence-corrected chi connectivity index (χ3v) is 7.49. The number of pyridine rings is 1. The molecule has 0 aliphatic carbocycles. The smallest absolute Gasteiger partial charge is 0.194 e. The molecule has 1 aromatic carbocycles. The second kappa shape index (κ2) is 10.5. The van der Waals surface area contributed by atoms with Crippen LogP contribution in [0.4, 0.5) is 13.2 Å². The molecule has 8 nitrogen and oxygen atoms in total. The zero-order valence-corrected chi connectivity index (χ0v) is 20.4. The highest BCUT2D eigenvalue weighted by molar-refractivity contribution is 9.10. The van der Waals surface area contributed by atoms with Gasteiger partial charge in [-0.1, -0.05) is 28.6 Å². The van der Waals surface area contributed by atoms with E-state index in [0.717, 1.165) is 12.1 Å². The highest BCUT2D eigenvalue weighted by Gasteiger charge is 2.47. The topological polar surface area (TPSA) is 103 Å². The molecular formula is C20H17BrClF3N4O4S. The van der Waals surface area contributed by atoms with Crippen molar-refractivity contribution < 1.29 is 32.9 Å². The van der Waals surface area contributed by atoms with Gasteiger partial charge in [0, 0.05) is 23.8 Å². The summed E-state index contributed by atoms with van der Waals surface area (Å²) in [6.45, 7) is -0.504. The van der Waals surface area contributed by atoms with Crippen LogP contribution in [-0.4, -0.2) is 67.7 Å². The number of aromatic nitrogens is 4. The van der Waals surface area contributed by atoms with Crippen molar-refractivity contribution in [1.82, 2.24) is 20.0 Å². The van der Waals surface area contributed by atoms with Crippen LogP contribution in [0.5, 0.6) is 0 Å². The lowest BCUT2D eigenvalue weighted by Crippen LogP contribution is -2.55. The molecule has 0 bridgehead atoms. The molecule has 0 spiro atoms. The first-order valence-electron chi connectivity index (χ1n) is 9.75. The summed E-state index contributed by atoms with van der Waals surface area (Å²) in [5.41, 5.74) is -0.755. The summed E-state index contributed by atoms with van der Waals surface area (Å²) in [4.78, 5) is 4.76. The fraction of sp³-hybridized carbons (Fsp3) is 0.350. The molecule has 3 aromatic rings. The van der Waals surface area contributed by atoms with Gasteiger partial charge in [-0.05, 0) is 34.1 Å². The summed E-state index contributed by atoms with van der Waals surface area (Å²) in [6, 6.07) is 2.34. The predicted octanol–water partition coefficient (Wildman–Crippen LogP) is 3.60. The maximum Gasteiger partial charge on any atom is 0.194 e. The van der Waals surface area contributed by atoms with Crippen LogP contribution < -0.4 is 0 Å². The van der Waals surface area contributed by atoms with Crippen LogP contribution in [0.2, 0.25) is 5.02 Å². The maximum absolute atomic E-state index is 13.7. The number of nitrogens with zero attached hydrogens (tertiary/aromatic N) is 4. The number of hydrogen-bond donors (Lipinski definition) is 2. The Hall–Kier alpha value is -1.74. The Labute approximate surface area is 209 Å². The van der Waals surface area contributed by atoms with Gasteiger partial charge < -0.3 is 19.7 Å². The molecule has 0 unspecified atom stereocenters. The van der Waals surface area contributed by atoms with Crippen LogP contribution in [0, 0.1) is 17.5 Å². The Morgan fingerprint density at radius 3 is 2.62 bits per heavy atom. The molecule has 3 heterocycles. The van der Waals surface area contributed by atoms with E-state index < -0.39 is 53.8 Å². The number of rotatable bonds is 6. The lowest BCUT2D eigenvalue weighted by atomic mass is 9.97. The van der Waals surface area contributed by atoms with Crippen molar-refractivity contribution in [2.75, 3.05) is 13.7 Å². The minimum absolute atomic E-state index is 0.0397. The molecular weight excluding hydrogens is 565 g/mol. The number of methoxy groups -OCH3 is 1. The number of aliphatic hydroxyl groups is 2. The summed E-state index contributed by atoms with van der Waals surface area (Å²) < 4.78 is 54.0. The quantitative estimate of drug-likeness (QED) is 0.336. The Morgan fingerprint density at radius 2 is 1.97 bits per heavy atom. The molecule has 5 atom stereocenters. The largest absolute Gasteiger partial charge is 0.394 e. The molecule has 1 saturated heterocycles. The summed E-state index contributed by atoms with van der Waals surface area (Å²) >= 11 is 10.6. The summed E-state index contributed by atoms with van der Waals surface area (Å²) in [5.74, 6) is -4.34. The number of ether oxygens (including phenoxy) is 2. The lowest BCUT2D eigenvalue weighted by Gasteiger charge is -2.43. The molecule has 182 valence electrons. The first-order valence-corrected chi connectivity index (χ1v) is 11.8. The van der Waals surface area contributed by atoms with Crippen LogP contribution in [0.3, 0.4) is 0 Å². The first kappa shape index (κ1) is 25.4. The normalized spacial score (nSPS) is 25.0. The average molecular weight is 582 g/mol. The van der Waals surface area contributed by atoms with Gasteiger partial charge in [0.1, 0.15) is 40.1 Å². The predicted molar refractivity (Wildman–Crippen MR) is 120 cm³/mol.